The molecule has 0 atom stereocenters. The fourth-order valence-corrected chi connectivity index (χ4v) is 3.38. The van der Waals surface area contributed by atoms with E-state index in [1.165, 1.54) is 19.9 Å². The predicted molar refractivity (Wildman–Crippen MR) is 104 cm³/mol. The highest BCUT2D eigenvalue weighted by Crippen LogP contribution is 2.37. The van der Waals surface area contributed by atoms with Gasteiger partial charge in [0.05, 0.1) is 24.9 Å². The van der Waals surface area contributed by atoms with Gasteiger partial charge in [-0.3, -0.25) is 4.79 Å². The fourth-order valence-electron chi connectivity index (χ4n) is 3.15. The van der Waals surface area contributed by atoms with Crippen LogP contribution >= 0.6 is 11.6 Å². The summed E-state index contributed by atoms with van der Waals surface area (Å²) in [7, 11) is 3.09. The normalized spacial score (nSPS) is 14.5. The highest BCUT2D eigenvalue weighted by atomic mass is 35.5. The van der Waals surface area contributed by atoms with Crippen molar-refractivity contribution >= 4 is 29.0 Å². The van der Waals surface area contributed by atoms with E-state index in [2.05, 4.69) is 20.6 Å². The molecule has 8 heteroatoms. The molecule has 1 aliphatic carbocycles. The lowest BCUT2D eigenvalue weighted by Crippen LogP contribution is -2.36. The summed E-state index contributed by atoms with van der Waals surface area (Å²) in [5.41, 5.74) is 0.939. The third kappa shape index (κ3) is 4.80. The number of benzene rings is 1. The molecule has 1 aromatic heterocycles. The number of nitrogens with one attached hydrogen (secondary N) is 2. The molecule has 1 aliphatic rings. The molecule has 1 amide bonds. The molecule has 1 aromatic carbocycles. The lowest BCUT2D eigenvalue weighted by atomic mass is 9.95. The number of hydrogen-bond acceptors (Lipinski definition) is 6. The monoisotopic (exact) mass is 390 g/mol. The number of halogens is 1. The molecule has 144 valence electrons. The number of aromatic nitrogens is 2. The molecule has 1 fully saturated rings. The standard InChI is InChI=1S/C19H23ClN4O3/c1-26-16-9-14(17(27-2)8-13(16)20)24-18-10-15(21-11-22-18)19(25)23-12-6-4-3-5-7-12/h8-12H,3-7H2,1-2H3,(H,23,25)(H,21,22,24). The maximum absolute atomic E-state index is 12.5. The van der Waals surface area contributed by atoms with E-state index >= 15 is 0 Å². The Hall–Kier alpha value is -2.54. The molecule has 0 bridgehead atoms. The first-order valence-electron chi connectivity index (χ1n) is 8.92. The van der Waals surface area contributed by atoms with Crippen molar-refractivity contribution in [3.05, 3.63) is 35.2 Å². The molecule has 0 radical (unpaired) electrons. The van der Waals surface area contributed by atoms with Crippen molar-refractivity contribution in [2.75, 3.05) is 19.5 Å². The van der Waals surface area contributed by atoms with Crippen LogP contribution in [0.1, 0.15) is 42.6 Å². The molecule has 7 nitrogen and oxygen atoms in total. The first-order chi connectivity index (χ1) is 13.1. The zero-order valence-electron chi connectivity index (χ0n) is 15.4. The topological polar surface area (TPSA) is 85.4 Å². The maximum atomic E-state index is 12.5. The molecule has 1 saturated carbocycles. The van der Waals surface area contributed by atoms with Crippen molar-refractivity contribution in [1.29, 1.82) is 0 Å². The Kier molecular flexibility index (Phi) is 6.34. The van der Waals surface area contributed by atoms with Crippen LogP contribution < -0.4 is 20.1 Å². The molecule has 27 heavy (non-hydrogen) atoms. The number of amides is 1. The van der Waals surface area contributed by atoms with Crippen LogP contribution in [0.2, 0.25) is 5.02 Å². The molecular formula is C19H23ClN4O3. The fraction of sp³-hybridized carbons (Fsp3) is 0.421. The van der Waals surface area contributed by atoms with E-state index in [-0.39, 0.29) is 11.9 Å². The largest absolute Gasteiger partial charge is 0.495 e. The number of rotatable bonds is 6. The van der Waals surface area contributed by atoms with E-state index < -0.39 is 0 Å². The number of hydrogen-bond donors (Lipinski definition) is 2. The van der Waals surface area contributed by atoms with Crippen LogP contribution in [-0.2, 0) is 0 Å². The van der Waals surface area contributed by atoms with Crippen molar-refractivity contribution in [1.82, 2.24) is 15.3 Å². The Labute approximate surface area is 163 Å². The van der Waals surface area contributed by atoms with Crippen LogP contribution in [0.5, 0.6) is 11.5 Å². The van der Waals surface area contributed by atoms with Gasteiger partial charge in [-0.1, -0.05) is 30.9 Å². The lowest BCUT2D eigenvalue weighted by molar-refractivity contribution is 0.0922. The van der Waals surface area contributed by atoms with Crippen LogP contribution in [0.3, 0.4) is 0 Å². The average Bonchev–Trinajstić information content (AvgIpc) is 2.70. The summed E-state index contributed by atoms with van der Waals surface area (Å²) in [5, 5.41) is 6.62. The van der Waals surface area contributed by atoms with Crippen molar-refractivity contribution in [3.8, 4) is 11.5 Å². The second-order valence-corrected chi connectivity index (χ2v) is 6.82. The highest BCUT2D eigenvalue weighted by molar-refractivity contribution is 6.32. The molecule has 0 saturated heterocycles. The van der Waals surface area contributed by atoms with Gasteiger partial charge in [0.15, 0.2) is 0 Å². The van der Waals surface area contributed by atoms with E-state index in [1.54, 1.807) is 25.3 Å². The molecule has 0 spiro atoms. The van der Waals surface area contributed by atoms with Crippen molar-refractivity contribution in [3.63, 3.8) is 0 Å². The number of carbonyl (C=O) groups excluding carboxylic acids is 1. The molecule has 1 heterocycles. The summed E-state index contributed by atoms with van der Waals surface area (Å²) >= 11 is 6.13. The van der Waals surface area contributed by atoms with E-state index in [1.807, 2.05) is 0 Å². The quantitative estimate of drug-likeness (QED) is 0.776. The zero-order valence-corrected chi connectivity index (χ0v) is 16.2. The minimum atomic E-state index is -0.187. The second kappa shape index (κ2) is 8.90. The van der Waals surface area contributed by atoms with Crippen molar-refractivity contribution in [2.24, 2.45) is 0 Å². The van der Waals surface area contributed by atoms with Gasteiger partial charge in [-0.25, -0.2) is 9.97 Å². The van der Waals surface area contributed by atoms with Crippen molar-refractivity contribution < 1.29 is 14.3 Å². The van der Waals surface area contributed by atoms with Gasteiger partial charge in [-0.2, -0.15) is 0 Å². The molecule has 0 unspecified atom stereocenters. The lowest BCUT2D eigenvalue weighted by Gasteiger charge is -2.22. The summed E-state index contributed by atoms with van der Waals surface area (Å²) in [4.78, 5) is 20.8. The van der Waals surface area contributed by atoms with Gasteiger partial charge in [-0.05, 0) is 12.8 Å². The Morgan fingerprint density at radius 1 is 1.07 bits per heavy atom. The molecule has 0 aliphatic heterocycles. The van der Waals surface area contributed by atoms with Gasteiger partial charge in [0, 0.05) is 24.2 Å². The van der Waals surface area contributed by atoms with Gasteiger partial charge < -0.3 is 20.1 Å². The Morgan fingerprint density at radius 2 is 1.81 bits per heavy atom. The van der Waals surface area contributed by atoms with Crippen LogP contribution in [0.15, 0.2) is 24.5 Å². The van der Waals surface area contributed by atoms with Gasteiger partial charge in [0.2, 0.25) is 0 Å². The van der Waals surface area contributed by atoms with Gasteiger partial charge >= 0.3 is 0 Å². The molecule has 3 rings (SSSR count). The van der Waals surface area contributed by atoms with Crippen LogP contribution in [0.25, 0.3) is 0 Å². The smallest absolute Gasteiger partial charge is 0.270 e. The van der Waals surface area contributed by atoms with Crippen LogP contribution in [0, 0.1) is 0 Å². The SMILES string of the molecule is COc1cc(Nc2cc(C(=O)NC3CCCCC3)ncn2)c(OC)cc1Cl. The summed E-state index contributed by atoms with van der Waals surface area (Å²) < 4.78 is 10.6. The Balaban J connectivity index is 1.76. The number of methoxy groups -OCH3 is 2. The molecule has 2 aromatic rings. The Bertz CT molecular complexity index is 810. The van der Waals surface area contributed by atoms with Gasteiger partial charge in [0.25, 0.3) is 5.91 Å². The summed E-state index contributed by atoms with van der Waals surface area (Å²) in [6.07, 6.45) is 6.94. The average molecular weight is 391 g/mol. The van der Waals surface area contributed by atoms with E-state index in [0.29, 0.717) is 33.7 Å². The second-order valence-electron chi connectivity index (χ2n) is 6.41. The molecule has 2 N–H and O–H groups in total. The van der Waals surface area contributed by atoms with Crippen molar-refractivity contribution in [2.45, 2.75) is 38.1 Å². The third-order valence-corrected chi connectivity index (χ3v) is 4.87. The van der Waals surface area contributed by atoms with Gasteiger partial charge in [0.1, 0.15) is 29.3 Å². The molecular weight excluding hydrogens is 368 g/mol. The number of nitrogens with zero attached hydrogens (tertiary/aromatic N) is 2. The summed E-state index contributed by atoms with van der Waals surface area (Å²) in [6, 6.07) is 5.20. The van der Waals surface area contributed by atoms with E-state index in [4.69, 9.17) is 21.1 Å². The van der Waals surface area contributed by atoms with E-state index in [0.717, 1.165) is 25.7 Å². The zero-order chi connectivity index (χ0) is 19.2. The first kappa shape index (κ1) is 19.2. The van der Waals surface area contributed by atoms with Crippen LogP contribution in [0.4, 0.5) is 11.5 Å². The number of ether oxygens (including phenoxy) is 2. The van der Waals surface area contributed by atoms with Crippen LogP contribution in [-0.4, -0.2) is 36.1 Å². The third-order valence-electron chi connectivity index (χ3n) is 4.58. The summed E-state index contributed by atoms with van der Waals surface area (Å²) in [6.45, 7) is 0. The predicted octanol–water partition coefficient (Wildman–Crippen LogP) is 3.95. The minimum Gasteiger partial charge on any atom is -0.495 e. The number of carbonyl (C=O) groups is 1. The number of anilines is 2. The van der Waals surface area contributed by atoms with Gasteiger partial charge in [-0.15, -0.1) is 0 Å². The maximum Gasteiger partial charge on any atom is 0.270 e. The Morgan fingerprint density at radius 3 is 2.52 bits per heavy atom. The minimum absolute atomic E-state index is 0.187. The van der Waals surface area contributed by atoms with E-state index in [9.17, 15) is 4.79 Å². The summed E-state index contributed by atoms with van der Waals surface area (Å²) in [5.74, 6) is 1.33. The first-order valence-corrected chi connectivity index (χ1v) is 9.30. The highest BCUT2D eigenvalue weighted by Gasteiger charge is 2.18.